The third-order valence-corrected chi connectivity index (χ3v) is 6.18. The third kappa shape index (κ3) is 6.60. The number of likely N-dealkylation sites (N-methyl/N-ethyl adjacent to an activating group) is 2. The van der Waals surface area contributed by atoms with Crippen LogP contribution in [0.4, 0.5) is 10.6 Å². The van der Waals surface area contributed by atoms with Crippen molar-refractivity contribution >= 4 is 17.8 Å². The maximum Gasteiger partial charge on any atom is 0.319 e. The molecule has 0 saturated carbocycles. The Morgan fingerprint density at radius 2 is 1.72 bits per heavy atom. The summed E-state index contributed by atoms with van der Waals surface area (Å²) >= 11 is 0. The van der Waals surface area contributed by atoms with Gasteiger partial charge in [0.2, 0.25) is 5.91 Å². The summed E-state index contributed by atoms with van der Waals surface area (Å²) in [5, 5.41) is 6.31. The fourth-order valence-electron chi connectivity index (χ4n) is 4.23. The number of aromatic nitrogens is 1. The van der Waals surface area contributed by atoms with E-state index in [1.165, 1.54) is 11.1 Å². The number of amides is 3. The van der Waals surface area contributed by atoms with Gasteiger partial charge in [0, 0.05) is 20.6 Å². The van der Waals surface area contributed by atoms with Crippen molar-refractivity contribution in [3.63, 3.8) is 0 Å². The average molecular weight is 488 g/mol. The highest BCUT2D eigenvalue weighted by atomic mass is 16.5. The van der Waals surface area contributed by atoms with Crippen molar-refractivity contribution in [2.75, 3.05) is 39.0 Å². The quantitative estimate of drug-likeness (QED) is 0.481. The van der Waals surface area contributed by atoms with Gasteiger partial charge >= 0.3 is 6.03 Å². The number of ether oxygens (including phenoxy) is 1. The molecule has 2 heterocycles. The van der Waals surface area contributed by atoms with Crippen LogP contribution in [0.25, 0.3) is 0 Å². The fraction of sp³-hybridized carbons (Fsp3) is 0.321. The normalized spacial score (nSPS) is 15.0. The Morgan fingerprint density at radius 3 is 2.36 bits per heavy atom. The molecular weight excluding hydrogens is 454 g/mol. The first-order chi connectivity index (χ1) is 17.4. The number of carbonyl (C=O) groups is 2. The molecule has 0 radical (unpaired) electrons. The first-order valence-corrected chi connectivity index (χ1v) is 12.1. The molecule has 0 bridgehead atoms. The Morgan fingerprint density at radius 1 is 1.03 bits per heavy atom. The Bertz CT molecular complexity index is 1140. The lowest BCUT2D eigenvalue weighted by Crippen LogP contribution is -2.54. The van der Waals surface area contributed by atoms with Crippen molar-refractivity contribution in [3.8, 4) is 5.75 Å². The molecule has 3 amide bonds. The molecule has 188 valence electrons. The van der Waals surface area contributed by atoms with Gasteiger partial charge < -0.3 is 25.2 Å². The zero-order chi connectivity index (χ0) is 25.5. The SMILES string of the molecule is Cc1ccc(CCN[C@@H](C(=O)Nc2ccc(OC3CN(C)C(=O)N(C)C3)cn2)c2ccccc2)cc1. The van der Waals surface area contributed by atoms with Crippen LogP contribution in [0, 0.1) is 6.92 Å². The molecule has 0 aliphatic carbocycles. The van der Waals surface area contributed by atoms with E-state index < -0.39 is 6.04 Å². The highest BCUT2D eigenvalue weighted by molar-refractivity contribution is 5.94. The van der Waals surface area contributed by atoms with Gasteiger partial charge in [-0.3, -0.25) is 4.79 Å². The number of hydrogen-bond acceptors (Lipinski definition) is 5. The molecule has 1 saturated heterocycles. The van der Waals surface area contributed by atoms with E-state index in [2.05, 4.69) is 46.8 Å². The molecule has 1 atom stereocenters. The Balaban J connectivity index is 1.36. The van der Waals surface area contributed by atoms with Crippen LogP contribution in [0.2, 0.25) is 0 Å². The van der Waals surface area contributed by atoms with E-state index in [1.54, 1.807) is 42.2 Å². The lowest BCUT2D eigenvalue weighted by molar-refractivity contribution is -0.118. The molecule has 36 heavy (non-hydrogen) atoms. The van der Waals surface area contributed by atoms with Gasteiger partial charge in [0.25, 0.3) is 0 Å². The van der Waals surface area contributed by atoms with Crippen LogP contribution in [-0.2, 0) is 11.2 Å². The minimum Gasteiger partial charge on any atom is -0.485 e. The molecule has 2 aromatic carbocycles. The second-order valence-corrected chi connectivity index (χ2v) is 9.19. The molecule has 0 spiro atoms. The van der Waals surface area contributed by atoms with Gasteiger partial charge in [-0.25, -0.2) is 9.78 Å². The minimum atomic E-state index is -0.514. The van der Waals surface area contributed by atoms with E-state index in [-0.39, 0.29) is 18.0 Å². The molecule has 2 N–H and O–H groups in total. The zero-order valence-electron chi connectivity index (χ0n) is 21.0. The van der Waals surface area contributed by atoms with Crippen molar-refractivity contribution in [2.24, 2.45) is 0 Å². The van der Waals surface area contributed by atoms with Crippen LogP contribution in [0.5, 0.6) is 5.75 Å². The molecule has 1 aliphatic rings. The van der Waals surface area contributed by atoms with Crippen LogP contribution >= 0.6 is 0 Å². The van der Waals surface area contributed by atoms with E-state index in [0.29, 0.717) is 31.2 Å². The molecule has 8 heteroatoms. The number of hydrogen-bond donors (Lipinski definition) is 2. The first kappa shape index (κ1) is 25.2. The van der Waals surface area contributed by atoms with E-state index in [0.717, 1.165) is 12.0 Å². The third-order valence-electron chi connectivity index (χ3n) is 6.18. The number of anilines is 1. The summed E-state index contributed by atoms with van der Waals surface area (Å²) in [7, 11) is 3.51. The Labute approximate surface area is 212 Å². The molecule has 1 fully saturated rings. The predicted octanol–water partition coefficient (Wildman–Crippen LogP) is 3.65. The molecule has 3 aromatic rings. The van der Waals surface area contributed by atoms with Gasteiger partial charge in [0.1, 0.15) is 23.7 Å². The summed E-state index contributed by atoms with van der Waals surface area (Å²) in [6.07, 6.45) is 2.26. The fourth-order valence-corrected chi connectivity index (χ4v) is 4.23. The van der Waals surface area contributed by atoms with E-state index in [1.807, 2.05) is 30.3 Å². The lowest BCUT2D eigenvalue weighted by Gasteiger charge is -2.36. The average Bonchev–Trinajstić information content (AvgIpc) is 2.88. The van der Waals surface area contributed by atoms with E-state index in [4.69, 9.17) is 4.74 Å². The summed E-state index contributed by atoms with van der Waals surface area (Å²) in [6, 6.07) is 21.1. The number of benzene rings is 2. The first-order valence-electron chi connectivity index (χ1n) is 12.1. The van der Waals surface area contributed by atoms with Crippen molar-refractivity contribution in [1.29, 1.82) is 0 Å². The van der Waals surface area contributed by atoms with Crippen molar-refractivity contribution < 1.29 is 14.3 Å². The van der Waals surface area contributed by atoms with Crippen molar-refractivity contribution in [1.82, 2.24) is 20.1 Å². The second-order valence-electron chi connectivity index (χ2n) is 9.19. The Hall–Kier alpha value is -3.91. The molecule has 8 nitrogen and oxygen atoms in total. The molecule has 1 aliphatic heterocycles. The number of urea groups is 1. The van der Waals surface area contributed by atoms with E-state index >= 15 is 0 Å². The van der Waals surface area contributed by atoms with Crippen LogP contribution in [0.1, 0.15) is 22.7 Å². The molecule has 4 rings (SSSR count). The van der Waals surface area contributed by atoms with E-state index in [9.17, 15) is 9.59 Å². The topological polar surface area (TPSA) is 86.8 Å². The smallest absolute Gasteiger partial charge is 0.319 e. The monoisotopic (exact) mass is 487 g/mol. The van der Waals surface area contributed by atoms with Crippen LogP contribution < -0.4 is 15.4 Å². The van der Waals surface area contributed by atoms with Crippen LogP contribution in [-0.4, -0.2) is 66.6 Å². The second kappa shape index (κ2) is 11.7. The van der Waals surface area contributed by atoms with Gasteiger partial charge in [0.05, 0.1) is 19.3 Å². The number of pyridine rings is 1. The van der Waals surface area contributed by atoms with Gasteiger partial charge in [-0.1, -0.05) is 60.2 Å². The maximum absolute atomic E-state index is 13.2. The highest BCUT2D eigenvalue weighted by Crippen LogP contribution is 2.19. The molecular formula is C28H33N5O3. The maximum atomic E-state index is 13.2. The molecule has 1 aromatic heterocycles. The summed E-state index contributed by atoms with van der Waals surface area (Å²) in [4.78, 5) is 32.8. The number of carbonyl (C=O) groups excluding carboxylic acids is 2. The summed E-state index contributed by atoms with van der Waals surface area (Å²) in [5.41, 5.74) is 3.34. The number of rotatable bonds is 9. The Kier molecular flexibility index (Phi) is 8.17. The summed E-state index contributed by atoms with van der Waals surface area (Å²) < 4.78 is 6.00. The summed E-state index contributed by atoms with van der Waals surface area (Å²) in [5.74, 6) is 0.854. The van der Waals surface area contributed by atoms with Gasteiger partial charge in [-0.05, 0) is 36.6 Å². The van der Waals surface area contributed by atoms with Crippen LogP contribution in [0.15, 0.2) is 72.9 Å². The van der Waals surface area contributed by atoms with Crippen LogP contribution in [0.3, 0.4) is 0 Å². The summed E-state index contributed by atoms with van der Waals surface area (Å²) in [6.45, 7) is 3.74. The minimum absolute atomic E-state index is 0.0218. The predicted molar refractivity (Wildman–Crippen MR) is 140 cm³/mol. The van der Waals surface area contributed by atoms with Gasteiger partial charge in [0.15, 0.2) is 0 Å². The number of nitrogens with one attached hydrogen (secondary N) is 2. The molecule has 0 unspecified atom stereocenters. The van der Waals surface area contributed by atoms with Gasteiger partial charge in [-0.2, -0.15) is 0 Å². The standard InChI is InChI=1S/C28H33N5O3/c1-20-9-11-21(12-10-20)15-16-29-26(22-7-5-4-6-8-22)27(34)31-25-14-13-23(17-30-25)36-24-18-32(2)28(35)33(3)19-24/h4-14,17,24,26,29H,15-16,18-19H2,1-3H3,(H,30,31,34)/t26-/m1/s1. The van der Waals surface area contributed by atoms with Gasteiger partial charge in [-0.15, -0.1) is 0 Å². The van der Waals surface area contributed by atoms with Crippen molar-refractivity contribution in [3.05, 3.63) is 89.6 Å². The number of nitrogens with zero attached hydrogens (tertiary/aromatic N) is 3. The van der Waals surface area contributed by atoms with Crippen molar-refractivity contribution in [2.45, 2.75) is 25.5 Å². The highest BCUT2D eigenvalue weighted by Gasteiger charge is 2.28. The number of aryl methyl sites for hydroxylation is 1. The lowest BCUT2D eigenvalue weighted by atomic mass is 10.1. The largest absolute Gasteiger partial charge is 0.485 e. The zero-order valence-corrected chi connectivity index (χ0v) is 21.0.